The van der Waals surface area contributed by atoms with Crippen molar-refractivity contribution in [2.75, 3.05) is 17.2 Å². The smallest absolute Gasteiger partial charge is 0.271 e. The molecule has 2 amide bonds. The van der Waals surface area contributed by atoms with E-state index in [9.17, 15) is 9.59 Å². The fourth-order valence-electron chi connectivity index (χ4n) is 3.75. The summed E-state index contributed by atoms with van der Waals surface area (Å²) in [4.78, 5) is 29.7. The molecule has 8 nitrogen and oxygen atoms in total. The number of benzene rings is 4. The summed E-state index contributed by atoms with van der Waals surface area (Å²) < 4.78 is 6.49. The highest BCUT2D eigenvalue weighted by Gasteiger charge is 2.10. The number of nitrogens with zero attached hydrogens (tertiary/aromatic N) is 2. The maximum absolute atomic E-state index is 12.7. The van der Waals surface area contributed by atoms with Crippen LogP contribution in [0.1, 0.15) is 15.9 Å². The van der Waals surface area contributed by atoms with Gasteiger partial charge in [-0.1, -0.05) is 57.9 Å². The summed E-state index contributed by atoms with van der Waals surface area (Å²) in [7, 11) is 0. The number of carbonyl (C=O) groups excluding carboxylic acids is 2. The van der Waals surface area contributed by atoms with Gasteiger partial charge in [0.2, 0.25) is 0 Å². The minimum absolute atomic E-state index is 0.216. The Morgan fingerprint density at radius 2 is 1.71 bits per heavy atom. The van der Waals surface area contributed by atoms with Crippen LogP contribution in [0.2, 0.25) is 5.02 Å². The molecule has 42 heavy (non-hydrogen) atoms. The highest BCUT2D eigenvalue weighted by Crippen LogP contribution is 2.27. The van der Waals surface area contributed by atoms with Crippen molar-refractivity contribution in [2.24, 2.45) is 5.10 Å². The van der Waals surface area contributed by atoms with Crippen LogP contribution in [-0.4, -0.2) is 29.6 Å². The van der Waals surface area contributed by atoms with Crippen molar-refractivity contribution in [3.63, 3.8) is 0 Å². The number of anilines is 3. The number of thiazole rings is 1. The maximum Gasteiger partial charge on any atom is 0.271 e. The summed E-state index contributed by atoms with van der Waals surface area (Å²) in [5, 5.41) is 13.4. The number of rotatable bonds is 10. The van der Waals surface area contributed by atoms with Gasteiger partial charge in [0, 0.05) is 42.9 Å². The Hall–Kier alpha value is -4.51. The van der Waals surface area contributed by atoms with Gasteiger partial charge in [-0.3, -0.25) is 9.59 Å². The molecule has 11 heteroatoms. The predicted molar refractivity (Wildman–Crippen MR) is 172 cm³/mol. The lowest BCUT2D eigenvalue weighted by molar-refractivity contribution is -0.118. The zero-order valence-corrected chi connectivity index (χ0v) is 25.0. The number of aromatic nitrogens is 1. The van der Waals surface area contributed by atoms with Crippen LogP contribution in [0.5, 0.6) is 5.75 Å². The van der Waals surface area contributed by atoms with E-state index in [1.165, 1.54) is 17.6 Å². The van der Waals surface area contributed by atoms with E-state index in [1.807, 2.05) is 47.8 Å². The molecule has 0 unspecified atom stereocenters. The van der Waals surface area contributed by atoms with Crippen molar-refractivity contribution in [2.45, 2.75) is 0 Å². The quantitative estimate of drug-likeness (QED) is 0.105. The number of carbonyl (C=O) groups is 2. The van der Waals surface area contributed by atoms with E-state index in [0.717, 1.165) is 26.5 Å². The molecule has 1 heterocycles. The third kappa shape index (κ3) is 8.03. The molecule has 0 aliphatic carbocycles. The van der Waals surface area contributed by atoms with E-state index in [-0.39, 0.29) is 18.4 Å². The Balaban J connectivity index is 1.16. The Morgan fingerprint density at radius 1 is 0.952 bits per heavy atom. The molecule has 210 valence electrons. The van der Waals surface area contributed by atoms with Crippen molar-refractivity contribution < 1.29 is 14.3 Å². The first-order chi connectivity index (χ1) is 20.4. The average Bonchev–Trinajstić information content (AvgIpc) is 3.47. The van der Waals surface area contributed by atoms with Crippen molar-refractivity contribution in [3.05, 3.63) is 123 Å². The second-order valence-electron chi connectivity index (χ2n) is 8.83. The highest BCUT2D eigenvalue weighted by molar-refractivity contribution is 9.10. The number of hydrogen-bond donors (Lipinski definition) is 3. The molecule has 0 radical (unpaired) electrons. The van der Waals surface area contributed by atoms with E-state index in [4.69, 9.17) is 16.3 Å². The molecule has 0 saturated carbocycles. The molecule has 0 bridgehead atoms. The van der Waals surface area contributed by atoms with Gasteiger partial charge in [-0.25, -0.2) is 10.4 Å². The van der Waals surface area contributed by atoms with Gasteiger partial charge in [-0.05, 0) is 66.7 Å². The lowest BCUT2D eigenvalue weighted by atomic mass is 10.1. The molecule has 0 spiro atoms. The van der Waals surface area contributed by atoms with Crippen LogP contribution < -0.4 is 20.8 Å². The van der Waals surface area contributed by atoms with Gasteiger partial charge in [-0.2, -0.15) is 5.10 Å². The van der Waals surface area contributed by atoms with Crippen molar-refractivity contribution in [3.8, 4) is 17.0 Å². The summed E-state index contributed by atoms with van der Waals surface area (Å²) in [6, 6.07) is 29.0. The van der Waals surface area contributed by atoms with E-state index in [0.29, 0.717) is 27.6 Å². The lowest BCUT2D eigenvalue weighted by Gasteiger charge is -2.10. The van der Waals surface area contributed by atoms with E-state index < -0.39 is 0 Å². The summed E-state index contributed by atoms with van der Waals surface area (Å²) in [6.07, 6.45) is 1.46. The summed E-state index contributed by atoms with van der Waals surface area (Å²) >= 11 is 10.8. The van der Waals surface area contributed by atoms with Crippen molar-refractivity contribution in [1.82, 2.24) is 10.4 Å². The zero-order valence-electron chi connectivity index (χ0n) is 21.9. The van der Waals surface area contributed by atoms with Gasteiger partial charge in [0.25, 0.3) is 11.8 Å². The number of ether oxygens (including phenoxy) is 1. The number of amides is 2. The number of para-hydroxylation sites is 1. The van der Waals surface area contributed by atoms with Gasteiger partial charge in [0.15, 0.2) is 11.7 Å². The highest BCUT2D eigenvalue weighted by atomic mass is 79.9. The fourth-order valence-corrected chi connectivity index (χ4v) is 5.00. The summed E-state index contributed by atoms with van der Waals surface area (Å²) in [6.45, 7) is -0.216. The minimum atomic E-state index is -0.373. The molecule has 0 aliphatic rings. The molecule has 0 atom stereocenters. The number of hydrogen-bond acceptors (Lipinski definition) is 7. The van der Waals surface area contributed by atoms with Crippen LogP contribution in [-0.2, 0) is 4.79 Å². The monoisotopic (exact) mass is 659 g/mol. The standard InChI is InChI=1S/C31H23BrClN5O3S/c32-23-10-15-28(41-18-29(39)35-26-13-11-24(33)12-14-26)22(16-23)17-34-38-30(40)21-8-6-20(7-9-21)27-19-42-31(37-27)36-25-4-2-1-3-5-25/h1-17,19H,18H2,(H,35,39)(H,36,37)(H,38,40)/b34-17+. The van der Waals surface area contributed by atoms with Crippen molar-refractivity contribution in [1.29, 1.82) is 0 Å². The summed E-state index contributed by atoms with van der Waals surface area (Å²) in [5.74, 6) is -0.278. The van der Waals surface area contributed by atoms with Crippen LogP contribution in [0.25, 0.3) is 11.3 Å². The third-order valence-corrected chi connectivity index (χ3v) is 7.30. The van der Waals surface area contributed by atoms with Crippen LogP contribution in [0, 0.1) is 0 Å². The van der Waals surface area contributed by atoms with Gasteiger partial charge >= 0.3 is 0 Å². The zero-order chi connectivity index (χ0) is 29.3. The first kappa shape index (κ1) is 29.0. The number of hydrazone groups is 1. The van der Waals surface area contributed by atoms with Crippen LogP contribution in [0.4, 0.5) is 16.5 Å². The lowest BCUT2D eigenvalue weighted by Crippen LogP contribution is -2.20. The molecule has 0 aliphatic heterocycles. The second kappa shape index (κ2) is 13.9. The van der Waals surface area contributed by atoms with E-state index >= 15 is 0 Å². The number of nitrogens with one attached hydrogen (secondary N) is 3. The Morgan fingerprint density at radius 3 is 2.48 bits per heavy atom. The minimum Gasteiger partial charge on any atom is -0.483 e. The maximum atomic E-state index is 12.7. The summed E-state index contributed by atoms with van der Waals surface area (Å²) in [5.41, 5.74) is 6.83. The van der Waals surface area contributed by atoms with Gasteiger partial charge < -0.3 is 15.4 Å². The van der Waals surface area contributed by atoms with Gasteiger partial charge in [-0.15, -0.1) is 11.3 Å². The molecular formula is C31H23BrClN5O3S. The first-order valence-electron chi connectivity index (χ1n) is 12.6. The molecule has 0 fully saturated rings. The van der Waals surface area contributed by atoms with E-state index in [2.05, 4.69) is 42.1 Å². The SMILES string of the molecule is O=C(COc1ccc(Br)cc1/C=N/NC(=O)c1ccc(-c2csc(Nc3ccccc3)n2)cc1)Nc1ccc(Cl)cc1. The Labute approximate surface area is 259 Å². The van der Waals surface area contributed by atoms with E-state index in [1.54, 1.807) is 54.6 Å². The van der Waals surface area contributed by atoms with Gasteiger partial charge in [0.05, 0.1) is 11.9 Å². The van der Waals surface area contributed by atoms with Crippen LogP contribution >= 0.6 is 38.9 Å². The number of halogens is 2. The second-order valence-corrected chi connectivity index (χ2v) is 11.0. The fraction of sp³-hybridized carbons (Fsp3) is 0.0323. The molecule has 3 N–H and O–H groups in total. The largest absolute Gasteiger partial charge is 0.483 e. The predicted octanol–water partition coefficient (Wildman–Crippen LogP) is 7.75. The van der Waals surface area contributed by atoms with Crippen LogP contribution in [0.3, 0.4) is 0 Å². The first-order valence-corrected chi connectivity index (χ1v) is 14.7. The molecule has 5 aromatic rings. The third-order valence-electron chi connectivity index (χ3n) is 5.80. The van der Waals surface area contributed by atoms with Gasteiger partial charge in [0.1, 0.15) is 5.75 Å². The topological polar surface area (TPSA) is 105 Å². The molecular weight excluding hydrogens is 638 g/mol. The Kier molecular flexibility index (Phi) is 9.60. The Bertz CT molecular complexity index is 1710. The normalized spacial score (nSPS) is 10.8. The van der Waals surface area contributed by atoms with Crippen molar-refractivity contribution >= 4 is 73.4 Å². The van der Waals surface area contributed by atoms with Crippen LogP contribution in [0.15, 0.2) is 112 Å². The molecule has 0 saturated heterocycles. The molecule has 1 aromatic heterocycles. The molecule has 4 aromatic carbocycles. The average molecular weight is 661 g/mol. The molecule has 5 rings (SSSR count).